The summed E-state index contributed by atoms with van der Waals surface area (Å²) in [6.07, 6.45) is 0.880. The Balaban J connectivity index is 2.03. The lowest BCUT2D eigenvalue weighted by atomic mass is 9.97. The van der Waals surface area contributed by atoms with Gasteiger partial charge in [-0.1, -0.05) is 29.8 Å². The van der Waals surface area contributed by atoms with Crippen LogP contribution in [0, 0.1) is 0 Å². The van der Waals surface area contributed by atoms with Crippen molar-refractivity contribution in [3.63, 3.8) is 0 Å². The molecule has 0 saturated heterocycles. The van der Waals surface area contributed by atoms with Crippen molar-refractivity contribution in [2.24, 2.45) is 5.73 Å². The van der Waals surface area contributed by atoms with Crippen LogP contribution in [0.25, 0.3) is 0 Å². The average molecular weight is 302 g/mol. The van der Waals surface area contributed by atoms with Gasteiger partial charge in [0.1, 0.15) is 0 Å². The van der Waals surface area contributed by atoms with Gasteiger partial charge in [0, 0.05) is 18.8 Å². The summed E-state index contributed by atoms with van der Waals surface area (Å²) < 4.78 is 0. The van der Waals surface area contributed by atoms with Crippen LogP contribution in [0.2, 0.25) is 5.02 Å². The number of amides is 1. The highest BCUT2D eigenvalue weighted by molar-refractivity contribution is 6.34. The highest BCUT2D eigenvalue weighted by Crippen LogP contribution is 2.32. The van der Waals surface area contributed by atoms with Crippen LogP contribution in [-0.2, 0) is 13.0 Å². The van der Waals surface area contributed by atoms with Gasteiger partial charge >= 0.3 is 0 Å². The predicted octanol–water partition coefficient (Wildman–Crippen LogP) is 2.58. The van der Waals surface area contributed by atoms with E-state index in [9.17, 15) is 4.79 Å². The first-order valence-corrected chi connectivity index (χ1v) is 7.15. The largest absolute Gasteiger partial charge is 0.398 e. The maximum absolute atomic E-state index is 11.7. The molecule has 0 saturated carbocycles. The predicted molar refractivity (Wildman–Crippen MR) is 85.6 cm³/mol. The van der Waals surface area contributed by atoms with Crippen molar-refractivity contribution < 1.29 is 4.79 Å². The molecule has 0 bridgehead atoms. The van der Waals surface area contributed by atoms with E-state index in [0.717, 1.165) is 29.9 Å². The number of benzene rings is 2. The van der Waals surface area contributed by atoms with Crippen LogP contribution >= 0.6 is 11.6 Å². The Morgan fingerprint density at radius 1 is 1.19 bits per heavy atom. The van der Waals surface area contributed by atoms with Crippen molar-refractivity contribution in [1.29, 1.82) is 0 Å². The molecule has 0 spiro atoms. The second-order valence-corrected chi connectivity index (χ2v) is 5.56. The normalized spacial score (nSPS) is 13.9. The third kappa shape index (κ3) is 2.43. The molecule has 0 radical (unpaired) electrons. The Morgan fingerprint density at radius 2 is 1.95 bits per heavy atom. The first kappa shape index (κ1) is 13.8. The molecule has 4 nitrogen and oxygen atoms in total. The fourth-order valence-electron chi connectivity index (χ4n) is 2.83. The third-order valence-corrected chi connectivity index (χ3v) is 4.20. The van der Waals surface area contributed by atoms with Gasteiger partial charge in [0.05, 0.1) is 16.3 Å². The lowest BCUT2D eigenvalue weighted by Crippen LogP contribution is -2.32. The van der Waals surface area contributed by atoms with E-state index in [-0.39, 0.29) is 0 Å². The number of hydrogen-bond donors (Lipinski definition) is 2. The van der Waals surface area contributed by atoms with Crippen LogP contribution in [0.5, 0.6) is 0 Å². The summed E-state index contributed by atoms with van der Waals surface area (Å²) in [5, 5.41) is 0.381. The number of primary amides is 1. The van der Waals surface area contributed by atoms with Crippen LogP contribution in [0.3, 0.4) is 0 Å². The number of fused-ring (bicyclic) bond motifs is 1. The fraction of sp³-hybridized carbons (Fsp3) is 0.188. The molecule has 1 aliphatic heterocycles. The fourth-order valence-corrected chi connectivity index (χ4v) is 3.10. The monoisotopic (exact) mass is 301 g/mol. The van der Waals surface area contributed by atoms with E-state index in [4.69, 9.17) is 23.1 Å². The number of carbonyl (C=O) groups excluding carboxylic acids is 1. The Kier molecular flexibility index (Phi) is 3.47. The van der Waals surface area contributed by atoms with Gasteiger partial charge in [-0.3, -0.25) is 4.79 Å². The Labute approximate surface area is 128 Å². The quantitative estimate of drug-likeness (QED) is 0.837. The topological polar surface area (TPSA) is 72.4 Å². The smallest absolute Gasteiger partial charge is 0.252 e. The van der Waals surface area contributed by atoms with Gasteiger partial charge in [-0.25, -0.2) is 0 Å². The van der Waals surface area contributed by atoms with Crippen molar-refractivity contribution >= 4 is 28.9 Å². The number of carbonyl (C=O) groups is 1. The minimum Gasteiger partial charge on any atom is -0.398 e. The zero-order valence-electron chi connectivity index (χ0n) is 11.5. The summed E-state index contributed by atoms with van der Waals surface area (Å²) in [4.78, 5) is 13.8. The lowest BCUT2D eigenvalue weighted by molar-refractivity contribution is 0.100. The minimum absolute atomic E-state index is 0.372. The van der Waals surface area contributed by atoms with Gasteiger partial charge in [0.2, 0.25) is 0 Å². The molecule has 0 aromatic heterocycles. The van der Waals surface area contributed by atoms with Crippen LogP contribution < -0.4 is 16.4 Å². The van der Waals surface area contributed by atoms with E-state index >= 15 is 0 Å². The molecule has 0 aliphatic carbocycles. The average Bonchev–Trinajstić information content (AvgIpc) is 2.46. The number of nitrogens with zero attached hydrogens (tertiary/aromatic N) is 1. The molecule has 1 amide bonds. The first-order chi connectivity index (χ1) is 10.1. The van der Waals surface area contributed by atoms with E-state index < -0.39 is 5.91 Å². The van der Waals surface area contributed by atoms with E-state index in [1.807, 2.05) is 24.3 Å². The molecular weight excluding hydrogens is 286 g/mol. The molecule has 3 rings (SSSR count). The summed E-state index contributed by atoms with van der Waals surface area (Å²) >= 11 is 6.12. The van der Waals surface area contributed by atoms with Crippen molar-refractivity contribution in [3.8, 4) is 0 Å². The van der Waals surface area contributed by atoms with Crippen molar-refractivity contribution in [1.82, 2.24) is 0 Å². The maximum Gasteiger partial charge on any atom is 0.252 e. The molecule has 2 aromatic rings. The Morgan fingerprint density at radius 3 is 2.71 bits per heavy atom. The van der Waals surface area contributed by atoms with Gasteiger partial charge < -0.3 is 16.4 Å². The number of nitrogens with two attached hydrogens (primary N) is 2. The molecule has 2 aromatic carbocycles. The van der Waals surface area contributed by atoms with E-state index in [0.29, 0.717) is 17.1 Å². The van der Waals surface area contributed by atoms with Crippen LogP contribution in [-0.4, -0.2) is 12.5 Å². The minimum atomic E-state index is -0.512. The summed E-state index contributed by atoms with van der Waals surface area (Å²) in [6.45, 7) is 1.46. The molecular formula is C16H16ClN3O. The molecule has 1 aliphatic rings. The number of rotatable bonds is 2. The van der Waals surface area contributed by atoms with Crippen molar-refractivity contribution in [2.75, 3.05) is 17.2 Å². The Bertz CT molecular complexity index is 715. The van der Waals surface area contributed by atoms with Gasteiger partial charge in [-0.15, -0.1) is 0 Å². The SMILES string of the molecule is NC(=O)c1c(Cl)cccc1N1CCc2cccc(N)c2C1. The highest BCUT2D eigenvalue weighted by atomic mass is 35.5. The second kappa shape index (κ2) is 5.30. The molecule has 4 N–H and O–H groups in total. The number of anilines is 2. The summed E-state index contributed by atoms with van der Waals surface area (Å²) in [5.74, 6) is -0.512. The van der Waals surface area contributed by atoms with Gasteiger partial charge in [0.15, 0.2) is 0 Å². The molecule has 0 unspecified atom stereocenters. The number of nitrogen functional groups attached to an aromatic ring is 1. The summed E-state index contributed by atoms with van der Waals surface area (Å²) in [5.41, 5.74) is 15.8. The van der Waals surface area contributed by atoms with Gasteiger partial charge in [-0.05, 0) is 35.7 Å². The van der Waals surface area contributed by atoms with Crippen LogP contribution in [0.1, 0.15) is 21.5 Å². The highest BCUT2D eigenvalue weighted by Gasteiger charge is 2.23. The van der Waals surface area contributed by atoms with E-state index in [2.05, 4.69) is 11.0 Å². The zero-order valence-corrected chi connectivity index (χ0v) is 12.2. The lowest BCUT2D eigenvalue weighted by Gasteiger charge is -2.32. The summed E-state index contributed by atoms with van der Waals surface area (Å²) in [6, 6.07) is 11.3. The van der Waals surface area contributed by atoms with Gasteiger partial charge in [-0.2, -0.15) is 0 Å². The van der Waals surface area contributed by atoms with Gasteiger partial charge in [0.25, 0.3) is 5.91 Å². The second-order valence-electron chi connectivity index (χ2n) is 5.15. The zero-order chi connectivity index (χ0) is 15.0. The van der Waals surface area contributed by atoms with E-state index in [1.54, 1.807) is 6.07 Å². The molecule has 108 valence electrons. The standard InChI is InChI=1S/C16H16ClN3O/c17-12-4-2-6-14(15(12)16(19)21)20-8-7-10-3-1-5-13(18)11(10)9-20/h1-6H,7-9,18H2,(H2,19,21). The molecule has 1 heterocycles. The molecule has 0 fully saturated rings. The van der Waals surface area contributed by atoms with E-state index in [1.165, 1.54) is 5.56 Å². The number of hydrogen-bond acceptors (Lipinski definition) is 3. The molecule has 5 heteroatoms. The number of halogens is 1. The van der Waals surface area contributed by atoms with Crippen LogP contribution in [0.4, 0.5) is 11.4 Å². The molecule has 21 heavy (non-hydrogen) atoms. The Hall–Kier alpha value is -2.20. The van der Waals surface area contributed by atoms with Crippen molar-refractivity contribution in [2.45, 2.75) is 13.0 Å². The molecule has 0 atom stereocenters. The first-order valence-electron chi connectivity index (χ1n) is 6.77. The van der Waals surface area contributed by atoms with Crippen LogP contribution in [0.15, 0.2) is 36.4 Å². The van der Waals surface area contributed by atoms with Crippen molar-refractivity contribution in [3.05, 3.63) is 58.1 Å². The third-order valence-electron chi connectivity index (χ3n) is 3.89. The summed E-state index contributed by atoms with van der Waals surface area (Å²) in [7, 11) is 0. The maximum atomic E-state index is 11.7.